The summed E-state index contributed by atoms with van der Waals surface area (Å²) in [7, 11) is 0. The number of urea groups is 1. The van der Waals surface area contributed by atoms with Gasteiger partial charge in [0.15, 0.2) is 0 Å². The zero-order valence-corrected chi connectivity index (χ0v) is 11.9. The second-order valence-corrected chi connectivity index (χ2v) is 4.68. The minimum Gasteiger partial charge on any atom is -0.338 e. The Morgan fingerprint density at radius 3 is 2.65 bits per heavy atom. The molecule has 2 amide bonds. The van der Waals surface area contributed by atoms with Crippen molar-refractivity contribution in [3.63, 3.8) is 0 Å². The number of nitrogens with zero attached hydrogens (tertiary/aromatic N) is 1. The fourth-order valence-electron chi connectivity index (χ4n) is 1.92. The maximum Gasteiger partial charge on any atom is 0.319 e. The van der Waals surface area contributed by atoms with Gasteiger partial charge in [-0.3, -0.25) is 10.1 Å². The molecule has 0 radical (unpaired) electrons. The van der Waals surface area contributed by atoms with Gasteiger partial charge in [-0.25, -0.2) is 9.18 Å². The van der Waals surface area contributed by atoms with Crippen LogP contribution >= 0.6 is 0 Å². The molecular formula is C15H13F2N3O3. The molecule has 8 heteroatoms. The lowest BCUT2D eigenvalue weighted by molar-refractivity contribution is -0.387. The van der Waals surface area contributed by atoms with Crippen LogP contribution in [0.4, 0.5) is 25.0 Å². The van der Waals surface area contributed by atoms with Crippen molar-refractivity contribution in [1.82, 2.24) is 5.32 Å². The van der Waals surface area contributed by atoms with Gasteiger partial charge in [0.2, 0.25) is 5.82 Å². The molecule has 0 fully saturated rings. The Kier molecular flexibility index (Phi) is 5.19. The van der Waals surface area contributed by atoms with Crippen LogP contribution in [0.5, 0.6) is 0 Å². The first-order chi connectivity index (χ1) is 11.0. The lowest BCUT2D eigenvalue weighted by Gasteiger charge is -2.08. The van der Waals surface area contributed by atoms with E-state index in [4.69, 9.17) is 0 Å². The van der Waals surface area contributed by atoms with Gasteiger partial charge in [0.25, 0.3) is 0 Å². The van der Waals surface area contributed by atoms with Crippen LogP contribution in [0.15, 0.2) is 42.5 Å². The highest BCUT2D eigenvalue weighted by Crippen LogP contribution is 2.21. The molecule has 2 N–H and O–H groups in total. The highest BCUT2D eigenvalue weighted by atomic mass is 19.1. The SMILES string of the molecule is O=C(NCCc1cccc(F)c1)Nc1ccc(F)c([N+](=O)[O-])c1. The Labute approximate surface area is 130 Å². The van der Waals surface area contributed by atoms with Crippen LogP contribution in [0, 0.1) is 21.7 Å². The maximum absolute atomic E-state index is 13.2. The van der Waals surface area contributed by atoms with E-state index in [1.165, 1.54) is 18.2 Å². The van der Waals surface area contributed by atoms with Gasteiger partial charge in [0, 0.05) is 18.3 Å². The van der Waals surface area contributed by atoms with Crippen molar-refractivity contribution in [3.8, 4) is 0 Å². The second kappa shape index (κ2) is 7.30. The minimum atomic E-state index is -0.980. The number of nitro benzene ring substituents is 1. The summed E-state index contributed by atoms with van der Waals surface area (Å²) in [5.41, 5.74) is 0.103. The van der Waals surface area contributed by atoms with E-state index in [-0.39, 0.29) is 18.0 Å². The molecule has 0 spiro atoms. The van der Waals surface area contributed by atoms with Crippen molar-refractivity contribution in [2.45, 2.75) is 6.42 Å². The van der Waals surface area contributed by atoms with Gasteiger partial charge in [-0.1, -0.05) is 12.1 Å². The molecule has 2 rings (SSSR count). The molecule has 0 saturated heterocycles. The van der Waals surface area contributed by atoms with Crippen molar-refractivity contribution < 1.29 is 18.5 Å². The molecule has 120 valence electrons. The average molecular weight is 321 g/mol. The summed E-state index contributed by atoms with van der Waals surface area (Å²) in [6, 6.07) is 8.45. The van der Waals surface area contributed by atoms with Crippen molar-refractivity contribution in [2.24, 2.45) is 0 Å². The number of nitro groups is 1. The molecule has 0 aliphatic carbocycles. The zero-order valence-electron chi connectivity index (χ0n) is 11.9. The first kappa shape index (κ1) is 16.3. The largest absolute Gasteiger partial charge is 0.338 e. The summed E-state index contributed by atoms with van der Waals surface area (Å²) >= 11 is 0. The Balaban J connectivity index is 1.87. The second-order valence-electron chi connectivity index (χ2n) is 4.68. The van der Waals surface area contributed by atoms with Crippen LogP contribution in [0.3, 0.4) is 0 Å². The number of carbonyl (C=O) groups is 1. The highest BCUT2D eigenvalue weighted by Gasteiger charge is 2.15. The predicted octanol–water partition coefficient (Wildman–Crippen LogP) is 3.24. The molecule has 0 unspecified atom stereocenters. The number of nitrogens with one attached hydrogen (secondary N) is 2. The minimum absolute atomic E-state index is 0.0985. The van der Waals surface area contributed by atoms with Crippen molar-refractivity contribution in [1.29, 1.82) is 0 Å². The Morgan fingerprint density at radius 2 is 1.96 bits per heavy atom. The summed E-state index contributed by atoms with van der Waals surface area (Å²) in [5.74, 6) is -1.34. The molecule has 23 heavy (non-hydrogen) atoms. The molecule has 0 aromatic heterocycles. The predicted molar refractivity (Wildman–Crippen MR) is 80.2 cm³/mol. The molecule has 2 aromatic rings. The number of amides is 2. The van der Waals surface area contributed by atoms with E-state index in [0.29, 0.717) is 6.42 Å². The van der Waals surface area contributed by atoms with E-state index in [1.54, 1.807) is 12.1 Å². The van der Waals surface area contributed by atoms with Gasteiger partial charge in [0.05, 0.1) is 4.92 Å². The Bertz CT molecular complexity index is 738. The number of hydrogen-bond donors (Lipinski definition) is 2. The average Bonchev–Trinajstić information content (AvgIpc) is 2.49. The molecule has 0 atom stereocenters. The van der Waals surface area contributed by atoms with E-state index < -0.39 is 22.5 Å². The van der Waals surface area contributed by atoms with E-state index >= 15 is 0 Å². The standard InChI is InChI=1S/C15H13F2N3O3/c16-11-3-1-2-10(8-11)6-7-18-15(21)19-12-4-5-13(17)14(9-12)20(22)23/h1-5,8-9H,6-7H2,(H2,18,19,21). The third-order valence-corrected chi connectivity index (χ3v) is 2.99. The third kappa shape index (κ3) is 4.73. The van der Waals surface area contributed by atoms with Crippen molar-refractivity contribution >= 4 is 17.4 Å². The van der Waals surface area contributed by atoms with Gasteiger partial charge >= 0.3 is 11.7 Å². The molecule has 0 saturated carbocycles. The smallest absolute Gasteiger partial charge is 0.319 e. The summed E-state index contributed by atoms with van der Waals surface area (Å²) in [5, 5.41) is 15.5. The van der Waals surface area contributed by atoms with Crippen LogP contribution in [-0.4, -0.2) is 17.5 Å². The lowest BCUT2D eigenvalue weighted by atomic mass is 10.1. The topological polar surface area (TPSA) is 84.3 Å². The number of hydrogen-bond acceptors (Lipinski definition) is 3. The number of anilines is 1. The summed E-state index contributed by atoms with van der Waals surface area (Å²) in [6.07, 6.45) is 0.425. The van der Waals surface area contributed by atoms with Crippen LogP contribution < -0.4 is 10.6 Å². The van der Waals surface area contributed by atoms with E-state index in [1.807, 2.05) is 0 Å². The van der Waals surface area contributed by atoms with Gasteiger partial charge in [0.1, 0.15) is 5.82 Å². The first-order valence-corrected chi connectivity index (χ1v) is 6.69. The third-order valence-electron chi connectivity index (χ3n) is 2.99. The van der Waals surface area contributed by atoms with Crippen molar-refractivity contribution in [3.05, 3.63) is 69.8 Å². The van der Waals surface area contributed by atoms with E-state index in [9.17, 15) is 23.7 Å². The summed E-state index contributed by atoms with van der Waals surface area (Å²) in [4.78, 5) is 21.4. The zero-order chi connectivity index (χ0) is 16.8. The molecule has 0 aliphatic heterocycles. The van der Waals surface area contributed by atoms with Gasteiger partial charge < -0.3 is 10.6 Å². The maximum atomic E-state index is 13.2. The fraction of sp³-hybridized carbons (Fsp3) is 0.133. The highest BCUT2D eigenvalue weighted by molar-refractivity contribution is 5.89. The quantitative estimate of drug-likeness (QED) is 0.655. The Morgan fingerprint density at radius 1 is 1.17 bits per heavy atom. The lowest BCUT2D eigenvalue weighted by Crippen LogP contribution is -2.30. The molecule has 2 aromatic carbocycles. The normalized spacial score (nSPS) is 10.2. The molecule has 0 aliphatic rings. The first-order valence-electron chi connectivity index (χ1n) is 6.69. The monoisotopic (exact) mass is 321 g/mol. The van der Waals surface area contributed by atoms with Crippen LogP contribution in [0.1, 0.15) is 5.56 Å². The summed E-state index contributed by atoms with van der Waals surface area (Å²) in [6.45, 7) is 0.249. The number of carbonyl (C=O) groups excluding carboxylic acids is 1. The fourth-order valence-corrected chi connectivity index (χ4v) is 1.92. The molecule has 0 heterocycles. The van der Waals surface area contributed by atoms with Gasteiger partial charge in [-0.05, 0) is 36.2 Å². The van der Waals surface area contributed by atoms with Crippen LogP contribution in [0.2, 0.25) is 0 Å². The van der Waals surface area contributed by atoms with Crippen LogP contribution in [0.25, 0.3) is 0 Å². The van der Waals surface area contributed by atoms with Gasteiger partial charge in [-0.15, -0.1) is 0 Å². The van der Waals surface area contributed by atoms with E-state index in [0.717, 1.165) is 17.7 Å². The molecule has 6 nitrogen and oxygen atoms in total. The molecule has 0 bridgehead atoms. The Hall–Kier alpha value is -3.03. The number of halogens is 2. The number of rotatable bonds is 5. The van der Waals surface area contributed by atoms with E-state index in [2.05, 4.69) is 10.6 Å². The van der Waals surface area contributed by atoms with Crippen LogP contribution in [-0.2, 0) is 6.42 Å². The molecular weight excluding hydrogens is 308 g/mol. The number of benzene rings is 2. The van der Waals surface area contributed by atoms with Gasteiger partial charge in [-0.2, -0.15) is 4.39 Å². The van der Waals surface area contributed by atoms with Crippen molar-refractivity contribution in [2.75, 3.05) is 11.9 Å². The summed E-state index contributed by atoms with van der Waals surface area (Å²) < 4.78 is 26.2.